The number of rotatable bonds is 5. The highest BCUT2D eigenvalue weighted by Crippen LogP contribution is 2.22. The lowest BCUT2D eigenvalue weighted by Crippen LogP contribution is -2.18. The minimum atomic E-state index is -4.16. The van der Waals surface area contributed by atoms with Crippen LogP contribution in [0, 0.1) is 0 Å². The molecule has 2 amide bonds. The van der Waals surface area contributed by atoms with Gasteiger partial charge in [-0.1, -0.05) is 12.1 Å². The maximum Gasteiger partial charge on any atom is 0.339 e. The van der Waals surface area contributed by atoms with Crippen molar-refractivity contribution >= 4 is 21.9 Å². The molecule has 0 heterocycles. The first-order valence-electron chi connectivity index (χ1n) is 6.50. The minimum Gasteiger partial charge on any atom is -0.378 e. The van der Waals surface area contributed by atoms with Crippen LogP contribution in [0.25, 0.3) is 0 Å². The number of primary amides is 1. The van der Waals surface area contributed by atoms with Gasteiger partial charge in [-0.25, -0.2) is 0 Å². The van der Waals surface area contributed by atoms with Gasteiger partial charge in [-0.3, -0.25) is 9.59 Å². The number of carbonyl (C=O) groups excluding carboxylic acids is 2. The highest BCUT2D eigenvalue weighted by Gasteiger charge is 2.20. The van der Waals surface area contributed by atoms with Crippen LogP contribution in [0.15, 0.2) is 53.4 Å². The quantitative estimate of drug-likeness (QED) is 0.789. The highest BCUT2D eigenvalue weighted by molar-refractivity contribution is 7.87. The van der Waals surface area contributed by atoms with Crippen LogP contribution in [-0.2, 0) is 10.1 Å². The molecule has 0 fully saturated rings. The van der Waals surface area contributed by atoms with Gasteiger partial charge in [0, 0.05) is 12.6 Å². The van der Waals surface area contributed by atoms with Gasteiger partial charge in [0.15, 0.2) is 5.75 Å². The van der Waals surface area contributed by atoms with Crippen molar-refractivity contribution in [1.29, 1.82) is 0 Å². The lowest BCUT2D eigenvalue weighted by molar-refractivity contribution is 0.0961. The van der Waals surface area contributed by atoms with E-state index in [0.29, 0.717) is 5.56 Å². The second-order valence-corrected chi connectivity index (χ2v) is 6.05. The first-order valence-corrected chi connectivity index (χ1v) is 7.91. The first kappa shape index (κ1) is 16.5. The van der Waals surface area contributed by atoms with Crippen LogP contribution in [-0.4, -0.2) is 27.3 Å². The number of benzene rings is 2. The predicted molar refractivity (Wildman–Crippen MR) is 82.6 cm³/mol. The largest absolute Gasteiger partial charge is 0.378 e. The van der Waals surface area contributed by atoms with Crippen LogP contribution in [0.4, 0.5) is 0 Å². The Hall–Kier alpha value is -2.87. The molecular weight excluding hydrogens is 320 g/mol. The Kier molecular flexibility index (Phi) is 4.65. The summed E-state index contributed by atoms with van der Waals surface area (Å²) in [6.07, 6.45) is 0. The summed E-state index contributed by atoms with van der Waals surface area (Å²) in [7, 11) is -2.69. The first-order chi connectivity index (χ1) is 10.8. The van der Waals surface area contributed by atoms with Crippen LogP contribution < -0.4 is 15.2 Å². The van der Waals surface area contributed by atoms with Gasteiger partial charge in [-0.2, -0.15) is 8.42 Å². The van der Waals surface area contributed by atoms with E-state index in [0.717, 1.165) is 0 Å². The topological polar surface area (TPSA) is 116 Å². The van der Waals surface area contributed by atoms with Gasteiger partial charge < -0.3 is 15.2 Å². The Labute approximate surface area is 133 Å². The van der Waals surface area contributed by atoms with E-state index in [1.54, 1.807) is 0 Å². The third kappa shape index (κ3) is 3.67. The van der Waals surface area contributed by atoms with Crippen LogP contribution >= 0.6 is 0 Å². The zero-order valence-electron chi connectivity index (χ0n) is 12.1. The molecule has 0 spiro atoms. The van der Waals surface area contributed by atoms with E-state index >= 15 is 0 Å². The lowest BCUT2D eigenvalue weighted by atomic mass is 10.2. The molecule has 0 saturated carbocycles. The van der Waals surface area contributed by atoms with E-state index in [1.165, 1.54) is 55.6 Å². The van der Waals surface area contributed by atoms with E-state index in [1.807, 2.05) is 0 Å². The second kappa shape index (κ2) is 6.49. The summed E-state index contributed by atoms with van der Waals surface area (Å²) in [4.78, 5) is 22.6. The molecule has 0 aliphatic heterocycles. The summed E-state index contributed by atoms with van der Waals surface area (Å²) >= 11 is 0. The number of nitrogens with one attached hydrogen (secondary N) is 1. The molecule has 8 heteroatoms. The monoisotopic (exact) mass is 334 g/mol. The normalized spacial score (nSPS) is 10.8. The van der Waals surface area contributed by atoms with Crippen molar-refractivity contribution in [2.75, 3.05) is 7.05 Å². The number of para-hydroxylation sites is 1. The van der Waals surface area contributed by atoms with Crippen molar-refractivity contribution in [1.82, 2.24) is 5.32 Å². The predicted octanol–water partition coefficient (Wildman–Crippen LogP) is 0.913. The zero-order chi connectivity index (χ0) is 17.0. The maximum absolute atomic E-state index is 12.3. The molecule has 7 nitrogen and oxygen atoms in total. The van der Waals surface area contributed by atoms with Crippen LogP contribution in [0.1, 0.15) is 20.7 Å². The number of hydrogen-bond donors (Lipinski definition) is 2. The average Bonchev–Trinajstić information content (AvgIpc) is 2.54. The smallest absolute Gasteiger partial charge is 0.339 e. The molecule has 2 rings (SSSR count). The zero-order valence-corrected chi connectivity index (χ0v) is 13.0. The van der Waals surface area contributed by atoms with Crippen LogP contribution in [0.2, 0.25) is 0 Å². The molecule has 0 radical (unpaired) electrons. The molecule has 0 unspecified atom stereocenters. The Balaban J connectivity index is 2.33. The molecule has 2 aromatic carbocycles. The molecule has 0 saturated heterocycles. The lowest BCUT2D eigenvalue weighted by Gasteiger charge is -2.10. The summed E-state index contributed by atoms with van der Waals surface area (Å²) < 4.78 is 29.5. The molecule has 23 heavy (non-hydrogen) atoms. The number of amides is 2. The van der Waals surface area contributed by atoms with Crippen LogP contribution in [0.5, 0.6) is 5.75 Å². The second-order valence-electron chi connectivity index (χ2n) is 4.50. The van der Waals surface area contributed by atoms with Gasteiger partial charge in [0.1, 0.15) is 4.90 Å². The van der Waals surface area contributed by atoms with Crippen molar-refractivity contribution in [3.05, 3.63) is 59.7 Å². The van der Waals surface area contributed by atoms with Crippen molar-refractivity contribution in [2.24, 2.45) is 5.73 Å². The third-order valence-electron chi connectivity index (χ3n) is 2.98. The molecule has 120 valence electrons. The van der Waals surface area contributed by atoms with Gasteiger partial charge in [0.05, 0.1) is 5.56 Å². The Bertz CT molecular complexity index is 844. The highest BCUT2D eigenvalue weighted by atomic mass is 32.2. The van der Waals surface area contributed by atoms with Gasteiger partial charge in [0.25, 0.3) is 11.8 Å². The van der Waals surface area contributed by atoms with Crippen molar-refractivity contribution < 1.29 is 22.2 Å². The molecular formula is C15H14N2O5S. The molecule has 0 aliphatic carbocycles. The average molecular weight is 334 g/mol. The third-order valence-corrected chi connectivity index (χ3v) is 4.23. The van der Waals surface area contributed by atoms with Crippen molar-refractivity contribution in [3.63, 3.8) is 0 Å². The number of nitrogens with two attached hydrogens (primary N) is 1. The summed E-state index contributed by atoms with van der Waals surface area (Å²) in [6, 6.07) is 11.0. The molecule has 0 aliphatic rings. The fraction of sp³-hybridized carbons (Fsp3) is 0.0667. The number of carbonyl (C=O) groups is 2. The van der Waals surface area contributed by atoms with E-state index in [-0.39, 0.29) is 22.1 Å². The van der Waals surface area contributed by atoms with Gasteiger partial charge in [0.2, 0.25) is 0 Å². The van der Waals surface area contributed by atoms with Crippen LogP contribution in [0.3, 0.4) is 0 Å². The summed E-state index contributed by atoms with van der Waals surface area (Å²) in [5, 5.41) is 2.43. The minimum absolute atomic E-state index is 0.0435. The standard InChI is InChI=1S/C15H14N2O5S/c1-17-15(19)10-6-8-11(9-7-10)23(20,21)22-13-5-3-2-4-12(13)14(16)18/h2-9H,1H3,(H2,16,18)(H,17,19). The Morgan fingerprint density at radius 1 is 1.04 bits per heavy atom. The molecule has 3 N–H and O–H groups in total. The maximum atomic E-state index is 12.3. The fourth-order valence-corrected chi connectivity index (χ4v) is 2.77. The van der Waals surface area contributed by atoms with Crippen molar-refractivity contribution in [3.8, 4) is 5.75 Å². The molecule has 0 atom stereocenters. The summed E-state index contributed by atoms with van der Waals surface area (Å²) in [5.41, 5.74) is 5.45. The number of hydrogen-bond acceptors (Lipinski definition) is 5. The Morgan fingerprint density at radius 3 is 2.22 bits per heavy atom. The van der Waals surface area contributed by atoms with Gasteiger partial charge >= 0.3 is 10.1 Å². The van der Waals surface area contributed by atoms with Gasteiger partial charge in [-0.15, -0.1) is 0 Å². The molecule has 0 bridgehead atoms. The van der Waals surface area contributed by atoms with Crippen molar-refractivity contribution in [2.45, 2.75) is 4.90 Å². The summed E-state index contributed by atoms with van der Waals surface area (Å²) in [6.45, 7) is 0. The fourth-order valence-electron chi connectivity index (χ4n) is 1.83. The SMILES string of the molecule is CNC(=O)c1ccc(S(=O)(=O)Oc2ccccc2C(N)=O)cc1. The molecule has 2 aromatic rings. The van der Waals surface area contributed by atoms with E-state index < -0.39 is 16.0 Å². The Morgan fingerprint density at radius 2 is 1.65 bits per heavy atom. The summed E-state index contributed by atoms with van der Waals surface area (Å²) in [5.74, 6) is -1.30. The van der Waals surface area contributed by atoms with E-state index in [4.69, 9.17) is 9.92 Å². The molecule has 0 aromatic heterocycles. The van der Waals surface area contributed by atoms with Gasteiger partial charge in [-0.05, 0) is 36.4 Å². The van der Waals surface area contributed by atoms with E-state index in [9.17, 15) is 18.0 Å². The van der Waals surface area contributed by atoms with E-state index in [2.05, 4.69) is 5.32 Å².